The molecule has 0 amide bonds. The normalized spacial score (nSPS) is 11.4. The van der Waals surface area contributed by atoms with Gasteiger partial charge in [0.15, 0.2) is 0 Å². The average molecular weight is 300 g/mol. The molecule has 0 spiro atoms. The molecule has 0 atom stereocenters. The van der Waals surface area contributed by atoms with E-state index in [2.05, 4.69) is 20.8 Å². The van der Waals surface area contributed by atoms with Gasteiger partial charge < -0.3 is 10.5 Å². The topological polar surface area (TPSA) is 35.2 Å². The van der Waals surface area contributed by atoms with Crippen LogP contribution in [0.3, 0.4) is 0 Å². The maximum Gasteiger partial charge on any atom is 0.119 e. The van der Waals surface area contributed by atoms with Crippen molar-refractivity contribution in [3.63, 3.8) is 0 Å². The smallest absolute Gasteiger partial charge is 0.119 e. The quantitative estimate of drug-likeness (QED) is 0.599. The van der Waals surface area contributed by atoms with E-state index in [1.54, 1.807) is 0 Å². The summed E-state index contributed by atoms with van der Waals surface area (Å²) in [5.41, 5.74) is 6.70. The third-order valence-electron chi connectivity index (χ3n) is 3.28. The largest absolute Gasteiger partial charge is 0.494 e. The van der Waals surface area contributed by atoms with Crippen LogP contribution in [0.25, 0.3) is 0 Å². The Bertz CT molecular complexity index is 446. The zero-order chi connectivity index (χ0) is 14.5. The Morgan fingerprint density at radius 2 is 2.11 bits per heavy atom. The van der Waals surface area contributed by atoms with Crippen LogP contribution < -0.4 is 10.5 Å². The first-order valence-electron chi connectivity index (χ1n) is 6.58. The van der Waals surface area contributed by atoms with E-state index in [-0.39, 0.29) is 5.41 Å². The minimum Gasteiger partial charge on any atom is -0.494 e. The van der Waals surface area contributed by atoms with Crippen LogP contribution in [0.2, 0.25) is 5.02 Å². The predicted octanol–water partition coefficient (Wildman–Crippen LogP) is 4.37. The first-order chi connectivity index (χ1) is 8.86. The van der Waals surface area contributed by atoms with Crippen molar-refractivity contribution in [1.29, 1.82) is 0 Å². The van der Waals surface area contributed by atoms with E-state index in [0.717, 1.165) is 35.6 Å². The van der Waals surface area contributed by atoms with Gasteiger partial charge in [-0.05, 0) is 43.0 Å². The lowest BCUT2D eigenvalue weighted by atomic mass is 9.88. The summed E-state index contributed by atoms with van der Waals surface area (Å²) in [7, 11) is 0. The molecule has 19 heavy (non-hydrogen) atoms. The highest BCUT2D eigenvalue weighted by Gasteiger charge is 2.20. The van der Waals surface area contributed by atoms with E-state index >= 15 is 0 Å². The molecule has 0 saturated heterocycles. The highest BCUT2D eigenvalue weighted by Crippen LogP contribution is 2.24. The number of hydrogen-bond acceptors (Lipinski definition) is 2. The van der Waals surface area contributed by atoms with E-state index in [4.69, 9.17) is 34.3 Å². The summed E-state index contributed by atoms with van der Waals surface area (Å²) in [5.74, 6) is 0.870. The van der Waals surface area contributed by atoms with Crippen LogP contribution in [-0.4, -0.2) is 11.6 Å². The Morgan fingerprint density at radius 3 is 2.68 bits per heavy atom. The first kappa shape index (κ1) is 16.3. The van der Waals surface area contributed by atoms with Crippen molar-refractivity contribution in [3.8, 4) is 5.75 Å². The lowest BCUT2D eigenvalue weighted by Gasteiger charge is -2.22. The van der Waals surface area contributed by atoms with Gasteiger partial charge in [0, 0.05) is 10.4 Å². The fourth-order valence-corrected chi connectivity index (χ4v) is 2.09. The minimum absolute atomic E-state index is 0.104. The molecular formula is C15H22ClNOS. The zero-order valence-corrected chi connectivity index (χ0v) is 13.4. The third kappa shape index (κ3) is 5.00. The summed E-state index contributed by atoms with van der Waals surface area (Å²) in [5, 5.41) is 0.796. The number of benzene rings is 1. The molecule has 0 aromatic heterocycles. The van der Waals surface area contributed by atoms with Crippen LogP contribution >= 0.6 is 23.8 Å². The van der Waals surface area contributed by atoms with Gasteiger partial charge >= 0.3 is 0 Å². The second kappa shape index (κ2) is 7.11. The van der Waals surface area contributed by atoms with Gasteiger partial charge in [-0.25, -0.2) is 0 Å². The lowest BCUT2D eigenvalue weighted by molar-refractivity contribution is 0.287. The molecule has 0 heterocycles. The summed E-state index contributed by atoms with van der Waals surface area (Å²) in [4.78, 5) is 0.562. The molecule has 106 valence electrons. The average Bonchev–Trinajstić information content (AvgIpc) is 2.36. The maximum absolute atomic E-state index is 6.07. The molecule has 1 aromatic rings. The minimum atomic E-state index is -0.104. The number of aryl methyl sites for hydroxylation is 1. The summed E-state index contributed by atoms with van der Waals surface area (Å²) >= 11 is 11.1. The van der Waals surface area contributed by atoms with Crippen molar-refractivity contribution in [2.75, 3.05) is 6.61 Å². The fourth-order valence-electron chi connectivity index (χ4n) is 1.74. The summed E-state index contributed by atoms with van der Waals surface area (Å²) in [6.07, 6.45) is 2.76. The molecule has 0 unspecified atom stereocenters. The van der Waals surface area contributed by atoms with Crippen molar-refractivity contribution in [1.82, 2.24) is 0 Å². The first-order valence-corrected chi connectivity index (χ1v) is 7.36. The monoisotopic (exact) mass is 299 g/mol. The van der Waals surface area contributed by atoms with Crippen molar-refractivity contribution < 1.29 is 4.74 Å². The molecule has 1 rings (SSSR count). The van der Waals surface area contributed by atoms with E-state index in [1.807, 2.05) is 18.2 Å². The van der Waals surface area contributed by atoms with Crippen LogP contribution in [0.4, 0.5) is 0 Å². The van der Waals surface area contributed by atoms with Gasteiger partial charge in [-0.1, -0.05) is 44.6 Å². The number of hydrogen-bond donors (Lipinski definition) is 1. The number of thiocarbonyl (C=S) groups is 1. The Labute approximate surface area is 126 Å². The molecule has 0 bridgehead atoms. The Kier molecular flexibility index (Phi) is 6.08. The number of halogens is 1. The molecule has 0 aliphatic carbocycles. The fraction of sp³-hybridized carbons (Fsp3) is 0.533. The van der Waals surface area contributed by atoms with E-state index < -0.39 is 0 Å². The van der Waals surface area contributed by atoms with Crippen LogP contribution in [0, 0.1) is 5.41 Å². The number of rotatable bonds is 7. The molecular weight excluding hydrogens is 278 g/mol. The maximum atomic E-state index is 6.07. The van der Waals surface area contributed by atoms with E-state index in [0.29, 0.717) is 11.6 Å². The van der Waals surface area contributed by atoms with Crippen molar-refractivity contribution in [2.45, 2.75) is 40.0 Å². The molecule has 0 fully saturated rings. The summed E-state index contributed by atoms with van der Waals surface area (Å²) in [6, 6.07) is 5.79. The summed E-state index contributed by atoms with van der Waals surface area (Å²) < 4.78 is 5.74. The van der Waals surface area contributed by atoms with Crippen LogP contribution in [0.15, 0.2) is 18.2 Å². The molecule has 0 aliphatic rings. The lowest BCUT2D eigenvalue weighted by Crippen LogP contribution is -2.30. The Balaban J connectivity index is 2.44. The van der Waals surface area contributed by atoms with Gasteiger partial charge in [0.1, 0.15) is 5.75 Å². The molecule has 2 nitrogen and oxygen atoms in total. The summed E-state index contributed by atoms with van der Waals surface area (Å²) in [6.45, 7) is 6.87. The molecule has 1 aromatic carbocycles. The molecule has 2 N–H and O–H groups in total. The van der Waals surface area contributed by atoms with E-state index in [1.165, 1.54) is 0 Å². The van der Waals surface area contributed by atoms with Crippen molar-refractivity contribution in [3.05, 3.63) is 28.8 Å². The highest BCUT2D eigenvalue weighted by atomic mass is 35.5. The van der Waals surface area contributed by atoms with Gasteiger partial charge in [-0.3, -0.25) is 0 Å². The molecule has 4 heteroatoms. The second-order valence-electron chi connectivity index (χ2n) is 5.31. The molecule has 0 aliphatic heterocycles. The number of ether oxygens (including phenoxy) is 1. The van der Waals surface area contributed by atoms with Crippen molar-refractivity contribution >= 4 is 28.8 Å². The van der Waals surface area contributed by atoms with E-state index in [9.17, 15) is 0 Å². The van der Waals surface area contributed by atoms with Gasteiger partial charge in [0.05, 0.1) is 11.6 Å². The molecule has 0 saturated carbocycles. The second-order valence-corrected chi connectivity index (χ2v) is 6.15. The van der Waals surface area contributed by atoms with Crippen molar-refractivity contribution in [2.24, 2.45) is 11.1 Å². The standard InChI is InChI=1S/C15H22ClNOS/c1-4-11-10-12(6-7-13(11)16)18-9-5-8-15(2,3)14(17)19/h6-7,10H,4-5,8-9H2,1-3H3,(H2,17,19). The van der Waals surface area contributed by atoms with Gasteiger partial charge in [-0.2, -0.15) is 0 Å². The molecule has 0 radical (unpaired) electrons. The van der Waals surface area contributed by atoms with Crippen LogP contribution in [0.1, 0.15) is 39.2 Å². The predicted molar refractivity (Wildman–Crippen MR) is 86.1 cm³/mol. The van der Waals surface area contributed by atoms with Crippen LogP contribution in [-0.2, 0) is 6.42 Å². The van der Waals surface area contributed by atoms with Gasteiger partial charge in [0.2, 0.25) is 0 Å². The van der Waals surface area contributed by atoms with Gasteiger partial charge in [0.25, 0.3) is 0 Å². The SMILES string of the molecule is CCc1cc(OCCCC(C)(C)C(N)=S)ccc1Cl. The third-order valence-corrected chi connectivity index (χ3v) is 4.20. The number of nitrogens with two attached hydrogens (primary N) is 1. The highest BCUT2D eigenvalue weighted by molar-refractivity contribution is 7.80. The zero-order valence-electron chi connectivity index (χ0n) is 11.8. The van der Waals surface area contributed by atoms with Crippen LogP contribution in [0.5, 0.6) is 5.75 Å². The Morgan fingerprint density at radius 1 is 1.42 bits per heavy atom. The Hall–Kier alpha value is -0.800. The van der Waals surface area contributed by atoms with Gasteiger partial charge in [-0.15, -0.1) is 0 Å².